The number of para-hydroxylation sites is 1. The van der Waals surface area contributed by atoms with Crippen molar-refractivity contribution in [3.05, 3.63) is 65.7 Å². The van der Waals surface area contributed by atoms with Gasteiger partial charge in [-0.3, -0.25) is 4.79 Å². The molecule has 1 atom stereocenters. The van der Waals surface area contributed by atoms with E-state index < -0.39 is 12.1 Å². The smallest absolute Gasteiger partial charge is 0.338 e. The zero-order chi connectivity index (χ0) is 19.9. The SMILES string of the molecule is CCN(C(=O)[C@H](C)OC(=O)c1ccc(C2SCCCS2)cc1)c1ccccc1. The minimum atomic E-state index is -0.850. The van der Waals surface area contributed by atoms with Gasteiger partial charge in [0.15, 0.2) is 6.10 Å². The van der Waals surface area contributed by atoms with Crippen molar-refractivity contribution in [2.75, 3.05) is 23.0 Å². The van der Waals surface area contributed by atoms with E-state index in [0.717, 1.165) is 5.69 Å². The number of carbonyl (C=O) groups excluding carboxylic acids is 2. The van der Waals surface area contributed by atoms with Crippen LogP contribution < -0.4 is 4.90 Å². The van der Waals surface area contributed by atoms with Crippen molar-refractivity contribution in [3.8, 4) is 0 Å². The van der Waals surface area contributed by atoms with Crippen molar-refractivity contribution in [2.45, 2.75) is 31.0 Å². The molecule has 0 aliphatic carbocycles. The summed E-state index contributed by atoms with van der Waals surface area (Å²) in [5, 5.41) is 0. The normalized spacial score (nSPS) is 15.6. The Kier molecular flexibility index (Phi) is 7.45. The molecular formula is C22H25NO3S2. The first-order valence-corrected chi connectivity index (χ1v) is 11.6. The van der Waals surface area contributed by atoms with Crippen LogP contribution in [0.15, 0.2) is 54.6 Å². The average Bonchev–Trinajstić information content (AvgIpc) is 2.75. The highest BCUT2D eigenvalue weighted by atomic mass is 32.2. The maximum absolute atomic E-state index is 12.7. The van der Waals surface area contributed by atoms with Crippen molar-refractivity contribution in [1.82, 2.24) is 0 Å². The van der Waals surface area contributed by atoms with Crippen LogP contribution in [-0.2, 0) is 9.53 Å². The van der Waals surface area contributed by atoms with Crippen LogP contribution in [-0.4, -0.2) is 36.0 Å². The van der Waals surface area contributed by atoms with Crippen LogP contribution in [0.1, 0.15) is 40.8 Å². The Balaban J connectivity index is 1.62. The van der Waals surface area contributed by atoms with E-state index in [2.05, 4.69) is 0 Å². The molecule has 4 nitrogen and oxygen atoms in total. The summed E-state index contributed by atoms with van der Waals surface area (Å²) in [6, 6.07) is 17.0. The van der Waals surface area contributed by atoms with Gasteiger partial charge in [0, 0.05) is 12.2 Å². The van der Waals surface area contributed by atoms with E-state index in [1.807, 2.05) is 72.9 Å². The van der Waals surface area contributed by atoms with Gasteiger partial charge < -0.3 is 9.64 Å². The molecule has 6 heteroatoms. The van der Waals surface area contributed by atoms with E-state index in [9.17, 15) is 9.59 Å². The van der Waals surface area contributed by atoms with E-state index >= 15 is 0 Å². The first kappa shape index (κ1) is 20.8. The van der Waals surface area contributed by atoms with E-state index in [1.165, 1.54) is 23.5 Å². The highest BCUT2D eigenvalue weighted by Gasteiger charge is 2.25. The topological polar surface area (TPSA) is 46.6 Å². The lowest BCUT2D eigenvalue weighted by molar-refractivity contribution is -0.126. The molecule has 1 aliphatic rings. The van der Waals surface area contributed by atoms with E-state index in [1.54, 1.807) is 24.0 Å². The molecule has 2 aromatic rings. The number of thioether (sulfide) groups is 2. The van der Waals surface area contributed by atoms with Gasteiger partial charge in [-0.1, -0.05) is 30.3 Å². The molecule has 1 aliphatic heterocycles. The molecule has 1 saturated heterocycles. The molecule has 148 valence electrons. The molecule has 3 rings (SSSR count). The lowest BCUT2D eigenvalue weighted by atomic mass is 10.1. The van der Waals surface area contributed by atoms with Crippen molar-refractivity contribution < 1.29 is 14.3 Å². The van der Waals surface area contributed by atoms with Gasteiger partial charge in [-0.25, -0.2) is 4.79 Å². The number of carbonyl (C=O) groups is 2. The molecule has 2 aromatic carbocycles. The van der Waals surface area contributed by atoms with E-state index in [0.29, 0.717) is 16.7 Å². The largest absolute Gasteiger partial charge is 0.449 e. The number of anilines is 1. The number of rotatable bonds is 6. The first-order chi connectivity index (χ1) is 13.6. The van der Waals surface area contributed by atoms with Crippen LogP contribution >= 0.6 is 23.5 Å². The fourth-order valence-corrected chi connectivity index (χ4v) is 5.92. The predicted octanol–water partition coefficient (Wildman–Crippen LogP) is 5.15. The molecule has 0 radical (unpaired) electrons. The fraction of sp³-hybridized carbons (Fsp3) is 0.364. The fourth-order valence-electron chi connectivity index (χ4n) is 3.03. The summed E-state index contributed by atoms with van der Waals surface area (Å²) in [6.45, 7) is 4.03. The van der Waals surface area contributed by atoms with Crippen molar-refractivity contribution in [1.29, 1.82) is 0 Å². The summed E-state index contributed by atoms with van der Waals surface area (Å²) in [5.41, 5.74) is 2.48. The number of hydrogen-bond acceptors (Lipinski definition) is 5. The number of benzene rings is 2. The van der Waals surface area contributed by atoms with Crippen LogP contribution in [0.2, 0.25) is 0 Å². The molecule has 0 unspecified atom stereocenters. The second-order valence-electron chi connectivity index (χ2n) is 6.51. The van der Waals surface area contributed by atoms with E-state index in [4.69, 9.17) is 4.74 Å². The molecule has 0 saturated carbocycles. The Morgan fingerprint density at radius 2 is 1.71 bits per heavy atom. The number of hydrogen-bond donors (Lipinski definition) is 0. The van der Waals surface area contributed by atoms with Crippen LogP contribution in [0.5, 0.6) is 0 Å². The maximum atomic E-state index is 12.7. The predicted molar refractivity (Wildman–Crippen MR) is 118 cm³/mol. The molecule has 1 amide bonds. The third-order valence-electron chi connectivity index (χ3n) is 4.53. The van der Waals surface area contributed by atoms with E-state index in [-0.39, 0.29) is 5.91 Å². The molecule has 0 N–H and O–H groups in total. The highest BCUT2D eigenvalue weighted by molar-refractivity contribution is 8.16. The number of ether oxygens (including phenoxy) is 1. The highest BCUT2D eigenvalue weighted by Crippen LogP contribution is 2.43. The number of esters is 1. The van der Waals surface area contributed by atoms with Gasteiger partial charge in [0.2, 0.25) is 0 Å². The van der Waals surface area contributed by atoms with Gasteiger partial charge >= 0.3 is 5.97 Å². The summed E-state index contributed by atoms with van der Waals surface area (Å²) in [5.74, 6) is 1.65. The van der Waals surface area contributed by atoms with Crippen LogP contribution in [0.4, 0.5) is 5.69 Å². The Morgan fingerprint density at radius 3 is 2.32 bits per heavy atom. The van der Waals surface area contributed by atoms with Gasteiger partial charge in [-0.15, -0.1) is 23.5 Å². The van der Waals surface area contributed by atoms with Gasteiger partial charge in [-0.2, -0.15) is 0 Å². The zero-order valence-corrected chi connectivity index (χ0v) is 17.8. The lowest BCUT2D eigenvalue weighted by Crippen LogP contribution is -2.40. The summed E-state index contributed by atoms with van der Waals surface area (Å²) in [6.07, 6.45) is 0.400. The summed E-state index contributed by atoms with van der Waals surface area (Å²) < 4.78 is 5.88. The third kappa shape index (κ3) is 5.11. The van der Waals surface area contributed by atoms with Crippen molar-refractivity contribution in [2.24, 2.45) is 0 Å². The van der Waals surface area contributed by atoms with Gasteiger partial charge in [0.05, 0.1) is 10.1 Å². The molecule has 1 heterocycles. The maximum Gasteiger partial charge on any atom is 0.338 e. The number of amides is 1. The third-order valence-corrected chi connectivity index (χ3v) is 7.54. The monoisotopic (exact) mass is 415 g/mol. The minimum absolute atomic E-state index is 0.228. The second-order valence-corrected chi connectivity index (χ2v) is 9.24. The molecule has 0 spiro atoms. The zero-order valence-electron chi connectivity index (χ0n) is 16.2. The Morgan fingerprint density at radius 1 is 1.07 bits per heavy atom. The van der Waals surface area contributed by atoms with Crippen molar-refractivity contribution >= 4 is 41.1 Å². The van der Waals surface area contributed by atoms with Gasteiger partial charge in [0.25, 0.3) is 5.91 Å². The van der Waals surface area contributed by atoms with Crippen molar-refractivity contribution in [3.63, 3.8) is 0 Å². The van der Waals surface area contributed by atoms with Gasteiger partial charge in [-0.05, 0) is 61.6 Å². The minimum Gasteiger partial charge on any atom is -0.449 e. The first-order valence-electron chi connectivity index (χ1n) is 9.50. The Bertz CT molecular complexity index is 789. The van der Waals surface area contributed by atoms with Crippen LogP contribution in [0.25, 0.3) is 0 Å². The average molecular weight is 416 g/mol. The lowest BCUT2D eigenvalue weighted by Gasteiger charge is -2.24. The summed E-state index contributed by atoms with van der Waals surface area (Å²) in [7, 11) is 0. The summed E-state index contributed by atoms with van der Waals surface area (Å²) in [4.78, 5) is 26.9. The molecular weight excluding hydrogens is 390 g/mol. The van der Waals surface area contributed by atoms with Crippen LogP contribution in [0, 0.1) is 0 Å². The number of nitrogens with zero attached hydrogens (tertiary/aromatic N) is 1. The quantitative estimate of drug-likeness (QED) is 0.610. The number of likely N-dealkylation sites (N-methyl/N-ethyl adjacent to an activating group) is 1. The standard InChI is InChI=1S/C22H25NO3S2/c1-3-23(19-8-5-4-6-9-19)20(24)16(2)26-21(25)17-10-12-18(13-11-17)22-27-14-7-15-28-22/h4-6,8-13,16,22H,3,7,14-15H2,1-2H3/t16-/m0/s1. The molecule has 1 fully saturated rings. The molecule has 28 heavy (non-hydrogen) atoms. The summed E-state index contributed by atoms with van der Waals surface area (Å²) >= 11 is 3.89. The molecule has 0 bridgehead atoms. The Labute approximate surface area is 175 Å². The van der Waals surface area contributed by atoms with Crippen LogP contribution in [0.3, 0.4) is 0 Å². The van der Waals surface area contributed by atoms with Gasteiger partial charge in [0.1, 0.15) is 0 Å². The Hall–Kier alpha value is -1.92. The molecule has 0 aromatic heterocycles. The second kappa shape index (κ2) is 10.0.